The second-order valence-electron chi connectivity index (χ2n) is 5.52. The molecule has 0 amide bonds. The number of benzene rings is 2. The average molecular weight is 350 g/mol. The molecule has 0 radical (unpaired) electrons. The molecule has 0 saturated carbocycles. The van der Waals surface area contributed by atoms with E-state index in [-0.39, 0.29) is 12.2 Å². The first-order valence-corrected chi connectivity index (χ1v) is 7.80. The van der Waals surface area contributed by atoms with Crippen LogP contribution in [-0.4, -0.2) is 18.7 Å². The number of fused-ring (bicyclic) bond motifs is 1. The van der Waals surface area contributed by atoms with Gasteiger partial charge < -0.3 is 10.0 Å². The highest BCUT2D eigenvalue weighted by molar-refractivity contribution is 9.10. The lowest BCUT2D eigenvalue weighted by atomic mass is 9.98. The lowest BCUT2D eigenvalue weighted by molar-refractivity contribution is 0.177. The molecule has 0 aliphatic carbocycles. The van der Waals surface area contributed by atoms with Crippen molar-refractivity contribution in [2.24, 2.45) is 0 Å². The van der Waals surface area contributed by atoms with Crippen LogP contribution >= 0.6 is 15.9 Å². The van der Waals surface area contributed by atoms with E-state index in [4.69, 9.17) is 0 Å². The van der Waals surface area contributed by atoms with E-state index in [0.717, 1.165) is 18.5 Å². The van der Waals surface area contributed by atoms with Crippen LogP contribution in [0.2, 0.25) is 0 Å². The molecule has 0 saturated heterocycles. The zero-order valence-corrected chi connectivity index (χ0v) is 13.4. The SMILES string of the molecule is CN1CCc2cc(C(O)Cc3ccc(Br)cc3F)ccc21. The van der Waals surface area contributed by atoms with Crippen molar-refractivity contribution in [1.29, 1.82) is 0 Å². The van der Waals surface area contributed by atoms with E-state index < -0.39 is 6.10 Å². The third kappa shape index (κ3) is 2.97. The third-order valence-corrected chi connectivity index (χ3v) is 4.54. The van der Waals surface area contributed by atoms with E-state index in [9.17, 15) is 9.50 Å². The maximum absolute atomic E-state index is 13.8. The first-order chi connectivity index (χ1) is 10.0. The Morgan fingerprint density at radius 1 is 1.29 bits per heavy atom. The molecule has 21 heavy (non-hydrogen) atoms. The first-order valence-electron chi connectivity index (χ1n) is 7.00. The van der Waals surface area contributed by atoms with Crippen molar-refractivity contribution in [2.75, 3.05) is 18.5 Å². The Labute approximate surface area is 132 Å². The molecule has 1 atom stereocenters. The maximum atomic E-state index is 13.8. The second kappa shape index (κ2) is 5.78. The smallest absolute Gasteiger partial charge is 0.127 e. The number of anilines is 1. The number of halogens is 2. The Balaban J connectivity index is 1.81. The predicted molar refractivity (Wildman–Crippen MR) is 86.2 cm³/mol. The Hall–Kier alpha value is -1.39. The topological polar surface area (TPSA) is 23.5 Å². The minimum absolute atomic E-state index is 0.285. The molecule has 110 valence electrons. The fourth-order valence-corrected chi connectivity index (χ4v) is 3.14. The fraction of sp³-hybridized carbons (Fsp3) is 0.294. The Bertz CT molecular complexity index is 674. The summed E-state index contributed by atoms with van der Waals surface area (Å²) in [5.74, 6) is -0.288. The predicted octanol–water partition coefficient (Wildman–Crippen LogP) is 3.86. The van der Waals surface area contributed by atoms with E-state index >= 15 is 0 Å². The largest absolute Gasteiger partial charge is 0.388 e. The van der Waals surface area contributed by atoms with Gasteiger partial charge in [-0.3, -0.25) is 0 Å². The monoisotopic (exact) mass is 349 g/mol. The van der Waals surface area contributed by atoms with Crippen LogP contribution < -0.4 is 4.90 Å². The summed E-state index contributed by atoms with van der Waals surface area (Å²) in [5, 5.41) is 10.4. The Kier molecular flexibility index (Phi) is 4.00. The van der Waals surface area contributed by atoms with Gasteiger partial charge in [0.25, 0.3) is 0 Å². The summed E-state index contributed by atoms with van der Waals surface area (Å²) >= 11 is 3.24. The summed E-state index contributed by atoms with van der Waals surface area (Å²) in [7, 11) is 2.07. The molecule has 2 aromatic rings. The summed E-state index contributed by atoms with van der Waals surface area (Å²) in [4.78, 5) is 2.21. The minimum atomic E-state index is -0.683. The zero-order chi connectivity index (χ0) is 15.0. The molecule has 1 aliphatic heterocycles. The van der Waals surface area contributed by atoms with E-state index in [0.29, 0.717) is 10.0 Å². The molecule has 2 aromatic carbocycles. The third-order valence-electron chi connectivity index (χ3n) is 4.04. The second-order valence-corrected chi connectivity index (χ2v) is 6.43. The summed E-state index contributed by atoms with van der Waals surface area (Å²) in [6.45, 7) is 1.01. The van der Waals surface area contributed by atoms with Crippen LogP contribution in [-0.2, 0) is 12.8 Å². The summed E-state index contributed by atoms with van der Waals surface area (Å²) in [6, 6.07) is 11.0. The van der Waals surface area contributed by atoms with Crippen LogP contribution in [0.15, 0.2) is 40.9 Å². The first kappa shape index (κ1) is 14.5. The molecule has 0 aromatic heterocycles. The van der Waals surface area contributed by atoms with Crippen LogP contribution in [0.3, 0.4) is 0 Å². The summed E-state index contributed by atoms with van der Waals surface area (Å²) in [6.07, 6.45) is 0.601. The van der Waals surface area contributed by atoms with Crippen molar-refractivity contribution in [1.82, 2.24) is 0 Å². The maximum Gasteiger partial charge on any atom is 0.127 e. The van der Waals surface area contributed by atoms with Gasteiger partial charge in [-0.2, -0.15) is 0 Å². The summed E-state index contributed by atoms with van der Waals surface area (Å²) in [5.41, 5.74) is 3.86. The quantitative estimate of drug-likeness (QED) is 0.909. The van der Waals surface area contributed by atoms with Gasteiger partial charge in [0.15, 0.2) is 0 Å². The zero-order valence-electron chi connectivity index (χ0n) is 11.8. The van der Waals surface area contributed by atoms with Gasteiger partial charge in [0, 0.05) is 30.2 Å². The molecule has 4 heteroatoms. The lowest BCUT2D eigenvalue weighted by Gasteiger charge is -2.15. The van der Waals surface area contributed by atoms with Crippen molar-refractivity contribution in [2.45, 2.75) is 18.9 Å². The minimum Gasteiger partial charge on any atom is -0.388 e. The van der Waals surface area contributed by atoms with Gasteiger partial charge in [-0.05, 0) is 41.3 Å². The molecule has 1 aliphatic rings. The molecule has 1 unspecified atom stereocenters. The van der Waals surface area contributed by atoms with Gasteiger partial charge in [0.2, 0.25) is 0 Å². The van der Waals surface area contributed by atoms with Gasteiger partial charge in [0.05, 0.1) is 6.10 Å². The van der Waals surface area contributed by atoms with Crippen LogP contribution in [0.4, 0.5) is 10.1 Å². The van der Waals surface area contributed by atoms with E-state index in [1.54, 1.807) is 12.1 Å². The van der Waals surface area contributed by atoms with Gasteiger partial charge in [-0.25, -0.2) is 4.39 Å². The van der Waals surface area contributed by atoms with Gasteiger partial charge in [-0.15, -0.1) is 0 Å². The normalized spacial score (nSPS) is 15.1. The van der Waals surface area contributed by atoms with Gasteiger partial charge in [0.1, 0.15) is 5.82 Å². The highest BCUT2D eigenvalue weighted by Crippen LogP contribution is 2.30. The molecule has 2 nitrogen and oxygen atoms in total. The van der Waals surface area contributed by atoms with Crippen LogP contribution in [0.5, 0.6) is 0 Å². The van der Waals surface area contributed by atoms with Crippen molar-refractivity contribution in [3.63, 3.8) is 0 Å². The highest BCUT2D eigenvalue weighted by atomic mass is 79.9. The van der Waals surface area contributed by atoms with Crippen molar-refractivity contribution >= 4 is 21.6 Å². The molecular formula is C17H17BrFNO. The van der Waals surface area contributed by atoms with E-state index in [2.05, 4.69) is 27.9 Å². The molecular weight excluding hydrogens is 333 g/mol. The number of rotatable bonds is 3. The molecule has 0 bridgehead atoms. The number of likely N-dealkylation sites (N-methyl/N-ethyl adjacent to an activating group) is 1. The van der Waals surface area contributed by atoms with Crippen molar-refractivity contribution in [3.05, 3.63) is 63.4 Å². The number of hydrogen-bond acceptors (Lipinski definition) is 2. The van der Waals surface area contributed by atoms with E-state index in [1.165, 1.54) is 17.3 Å². The Morgan fingerprint density at radius 3 is 2.86 bits per heavy atom. The van der Waals surface area contributed by atoms with Crippen molar-refractivity contribution < 1.29 is 9.50 Å². The number of nitrogens with zero attached hydrogens (tertiary/aromatic N) is 1. The molecule has 3 rings (SSSR count). The number of hydrogen-bond donors (Lipinski definition) is 1. The molecule has 1 N–H and O–H groups in total. The van der Waals surface area contributed by atoms with Crippen LogP contribution in [0.1, 0.15) is 22.8 Å². The molecule has 0 spiro atoms. The lowest BCUT2D eigenvalue weighted by Crippen LogP contribution is -2.12. The highest BCUT2D eigenvalue weighted by Gasteiger charge is 2.18. The van der Waals surface area contributed by atoms with Gasteiger partial charge >= 0.3 is 0 Å². The molecule has 1 heterocycles. The number of aliphatic hydroxyl groups excluding tert-OH is 1. The van der Waals surface area contributed by atoms with Gasteiger partial charge in [-0.1, -0.05) is 34.1 Å². The average Bonchev–Trinajstić information content (AvgIpc) is 2.83. The summed E-state index contributed by atoms with van der Waals surface area (Å²) < 4.78 is 14.6. The van der Waals surface area contributed by atoms with Crippen molar-refractivity contribution in [3.8, 4) is 0 Å². The van der Waals surface area contributed by atoms with Crippen LogP contribution in [0, 0.1) is 5.82 Å². The molecule has 0 fully saturated rings. The van der Waals surface area contributed by atoms with E-state index in [1.807, 2.05) is 18.2 Å². The standard InChI is InChI=1S/C17H17BrFNO/c1-20-7-6-12-8-13(3-5-16(12)20)17(21)9-11-2-4-14(18)10-15(11)19/h2-5,8,10,17,21H,6-7,9H2,1H3. The fourth-order valence-electron chi connectivity index (χ4n) is 2.81. The Morgan fingerprint density at radius 2 is 2.10 bits per heavy atom. The number of aliphatic hydroxyl groups is 1. The van der Waals surface area contributed by atoms with Crippen LogP contribution in [0.25, 0.3) is 0 Å².